The van der Waals surface area contributed by atoms with Gasteiger partial charge in [-0.05, 0) is 19.5 Å². The standard InChI is InChI=1S/C13H20N2O.ClH/c1-10(9-14-3)13(16)15-11(2)12-7-5-4-6-8-12;/h4-8,10-11,14H,9H2,1-3H3,(H,15,16);1H/t10?,11-;/m1./s1. The van der Waals surface area contributed by atoms with Crippen molar-refractivity contribution in [3.05, 3.63) is 35.9 Å². The van der Waals surface area contributed by atoms with Crippen molar-refractivity contribution in [3.63, 3.8) is 0 Å². The van der Waals surface area contributed by atoms with Crippen LogP contribution in [0.1, 0.15) is 25.5 Å². The van der Waals surface area contributed by atoms with Gasteiger partial charge >= 0.3 is 0 Å². The molecular weight excluding hydrogens is 236 g/mol. The molecule has 1 rings (SSSR count). The summed E-state index contributed by atoms with van der Waals surface area (Å²) in [5.74, 6) is 0.0851. The van der Waals surface area contributed by atoms with E-state index in [1.165, 1.54) is 0 Å². The highest BCUT2D eigenvalue weighted by molar-refractivity contribution is 5.85. The summed E-state index contributed by atoms with van der Waals surface area (Å²) in [6.45, 7) is 4.62. The van der Waals surface area contributed by atoms with Crippen molar-refractivity contribution in [2.75, 3.05) is 13.6 Å². The predicted octanol–water partition coefficient (Wildman–Crippen LogP) is 2.14. The number of hydrogen-bond acceptors (Lipinski definition) is 2. The van der Waals surface area contributed by atoms with Crippen molar-refractivity contribution in [1.82, 2.24) is 10.6 Å². The lowest BCUT2D eigenvalue weighted by Gasteiger charge is -2.17. The molecular formula is C13H21ClN2O. The molecule has 2 atom stereocenters. The van der Waals surface area contributed by atoms with Crippen molar-refractivity contribution in [2.45, 2.75) is 19.9 Å². The number of hydrogen-bond donors (Lipinski definition) is 2. The molecule has 0 fully saturated rings. The molecule has 0 aliphatic carbocycles. The highest BCUT2D eigenvalue weighted by atomic mass is 35.5. The average molecular weight is 257 g/mol. The molecule has 0 saturated heterocycles. The Hall–Kier alpha value is -1.06. The lowest BCUT2D eigenvalue weighted by molar-refractivity contribution is -0.125. The first kappa shape index (κ1) is 15.9. The maximum atomic E-state index is 11.8. The van der Waals surface area contributed by atoms with Crippen LogP contribution in [0.4, 0.5) is 0 Å². The lowest BCUT2D eigenvalue weighted by atomic mass is 10.1. The third-order valence-corrected chi connectivity index (χ3v) is 2.62. The molecule has 0 heterocycles. The zero-order chi connectivity index (χ0) is 12.0. The molecule has 4 heteroatoms. The van der Waals surface area contributed by atoms with Gasteiger partial charge in [-0.3, -0.25) is 4.79 Å². The van der Waals surface area contributed by atoms with Crippen LogP contribution in [-0.4, -0.2) is 19.5 Å². The molecule has 0 aliphatic rings. The maximum Gasteiger partial charge on any atom is 0.224 e. The fourth-order valence-electron chi connectivity index (χ4n) is 1.58. The topological polar surface area (TPSA) is 41.1 Å². The zero-order valence-electron chi connectivity index (χ0n) is 10.6. The third kappa shape index (κ3) is 5.20. The van der Waals surface area contributed by atoms with Gasteiger partial charge in [0.25, 0.3) is 0 Å². The first-order valence-corrected chi connectivity index (χ1v) is 5.65. The molecule has 0 aliphatic heterocycles. The number of carbonyl (C=O) groups excluding carboxylic acids is 1. The Morgan fingerprint density at radius 2 is 1.82 bits per heavy atom. The van der Waals surface area contributed by atoms with E-state index in [0.717, 1.165) is 5.56 Å². The van der Waals surface area contributed by atoms with Gasteiger partial charge in [0.2, 0.25) is 5.91 Å². The number of rotatable bonds is 5. The quantitative estimate of drug-likeness (QED) is 0.848. The molecule has 96 valence electrons. The Morgan fingerprint density at radius 3 is 2.35 bits per heavy atom. The molecule has 1 unspecified atom stereocenters. The Balaban J connectivity index is 0.00000256. The largest absolute Gasteiger partial charge is 0.349 e. The summed E-state index contributed by atoms with van der Waals surface area (Å²) in [5, 5.41) is 6.00. The van der Waals surface area contributed by atoms with Crippen LogP contribution in [-0.2, 0) is 4.79 Å². The summed E-state index contributed by atoms with van der Waals surface area (Å²) < 4.78 is 0. The number of benzene rings is 1. The summed E-state index contributed by atoms with van der Waals surface area (Å²) in [5.41, 5.74) is 1.13. The van der Waals surface area contributed by atoms with Gasteiger partial charge in [0.05, 0.1) is 6.04 Å². The molecule has 17 heavy (non-hydrogen) atoms. The van der Waals surface area contributed by atoms with E-state index in [-0.39, 0.29) is 30.3 Å². The highest BCUT2D eigenvalue weighted by Crippen LogP contribution is 2.11. The van der Waals surface area contributed by atoms with E-state index in [2.05, 4.69) is 10.6 Å². The van der Waals surface area contributed by atoms with E-state index < -0.39 is 0 Å². The number of nitrogens with one attached hydrogen (secondary N) is 2. The smallest absolute Gasteiger partial charge is 0.224 e. The first-order chi connectivity index (χ1) is 7.65. The van der Waals surface area contributed by atoms with Gasteiger partial charge in [0, 0.05) is 12.5 Å². The summed E-state index contributed by atoms with van der Waals surface area (Å²) >= 11 is 0. The van der Waals surface area contributed by atoms with E-state index in [4.69, 9.17) is 0 Å². The van der Waals surface area contributed by atoms with Gasteiger partial charge in [-0.1, -0.05) is 37.3 Å². The van der Waals surface area contributed by atoms with E-state index in [9.17, 15) is 4.79 Å². The van der Waals surface area contributed by atoms with E-state index in [1.54, 1.807) is 0 Å². The average Bonchev–Trinajstić information content (AvgIpc) is 2.30. The second kappa shape index (κ2) is 8.09. The van der Waals surface area contributed by atoms with Crippen LogP contribution in [0.5, 0.6) is 0 Å². The van der Waals surface area contributed by atoms with E-state index in [1.807, 2.05) is 51.2 Å². The zero-order valence-corrected chi connectivity index (χ0v) is 11.4. The van der Waals surface area contributed by atoms with E-state index >= 15 is 0 Å². The molecule has 0 bridgehead atoms. The lowest BCUT2D eigenvalue weighted by Crippen LogP contribution is -2.35. The summed E-state index contributed by atoms with van der Waals surface area (Å²) in [6.07, 6.45) is 0. The van der Waals surface area contributed by atoms with Crippen molar-refractivity contribution in [3.8, 4) is 0 Å². The van der Waals surface area contributed by atoms with Gasteiger partial charge in [0.15, 0.2) is 0 Å². The Labute approximate surface area is 109 Å². The minimum atomic E-state index is -0.00355. The van der Waals surface area contributed by atoms with Crippen molar-refractivity contribution < 1.29 is 4.79 Å². The molecule has 0 saturated carbocycles. The molecule has 1 amide bonds. The second-order valence-corrected chi connectivity index (χ2v) is 4.10. The van der Waals surface area contributed by atoms with Gasteiger partial charge in [0.1, 0.15) is 0 Å². The first-order valence-electron chi connectivity index (χ1n) is 5.65. The van der Waals surface area contributed by atoms with Crippen LogP contribution >= 0.6 is 12.4 Å². The number of carbonyl (C=O) groups is 1. The highest BCUT2D eigenvalue weighted by Gasteiger charge is 2.14. The summed E-state index contributed by atoms with van der Waals surface area (Å²) in [6, 6.07) is 10.0. The minimum absolute atomic E-state index is 0. The van der Waals surface area contributed by atoms with Crippen LogP contribution in [0.3, 0.4) is 0 Å². The molecule has 3 nitrogen and oxygen atoms in total. The van der Waals surface area contributed by atoms with Crippen LogP contribution in [0, 0.1) is 5.92 Å². The van der Waals surface area contributed by atoms with Crippen molar-refractivity contribution >= 4 is 18.3 Å². The predicted molar refractivity (Wildman–Crippen MR) is 73.3 cm³/mol. The van der Waals surface area contributed by atoms with Crippen molar-refractivity contribution in [2.24, 2.45) is 5.92 Å². The minimum Gasteiger partial charge on any atom is -0.349 e. The van der Waals surface area contributed by atoms with Gasteiger partial charge < -0.3 is 10.6 Å². The van der Waals surface area contributed by atoms with Gasteiger partial charge in [-0.15, -0.1) is 12.4 Å². The third-order valence-electron chi connectivity index (χ3n) is 2.62. The van der Waals surface area contributed by atoms with Crippen LogP contribution in [0.25, 0.3) is 0 Å². The van der Waals surface area contributed by atoms with Gasteiger partial charge in [-0.25, -0.2) is 0 Å². The van der Waals surface area contributed by atoms with Crippen molar-refractivity contribution in [1.29, 1.82) is 0 Å². The number of halogens is 1. The SMILES string of the molecule is CNCC(C)C(=O)N[C@H](C)c1ccccc1.Cl. The number of amides is 1. The molecule has 0 radical (unpaired) electrons. The molecule has 2 N–H and O–H groups in total. The summed E-state index contributed by atoms with van der Waals surface area (Å²) in [4.78, 5) is 11.8. The molecule has 0 spiro atoms. The fraction of sp³-hybridized carbons (Fsp3) is 0.462. The second-order valence-electron chi connectivity index (χ2n) is 4.10. The monoisotopic (exact) mass is 256 g/mol. The van der Waals surface area contributed by atoms with Crippen LogP contribution in [0.2, 0.25) is 0 Å². The molecule has 1 aromatic carbocycles. The Bertz CT molecular complexity index is 329. The fourth-order valence-corrected chi connectivity index (χ4v) is 1.58. The normalized spacial score (nSPS) is 13.4. The maximum absolute atomic E-state index is 11.8. The molecule has 0 aromatic heterocycles. The van der Waals surface area contributed by atoms with Crippen LogP contribution in [0.15, 0.2) is 30.3 Å². The van der Waals surface area contributed by atoms with Crippen LogP contribution < -0.4 is 10.6 Å². The summed E-state index contributed by atoms with van der Waals surface area (Å²) in [7, 11) is 1.85. The Kier molecular flexibility index (Phi) is 7.59. The molecule has 1 aromatic rings. The Morgan fingerprint density at radius 1 is 1.24 bits per heavy atom. The van der Waals surface area contributed by atoms with Gasteiger partial charge in [-0.2, -0.15) is 0 Å². The van der Waals surface area contributed by atoms with E-state index in [0.29, 0.717) is 6.54 Å².